The molecule has 0 amide bonds. The largest absolute Gasteiger partial charge is 0.305 e. The summed E-state index contributed by atoms with van der Waals surface area (Å²) in [6.45, 7) is 4.33. The fraction of sp³-hybridized carbons (Fsp3) is 0.923. The summed E-state index contributed by atoms with van der Waals surface area (Å²) in [7, 11) is 2.11. The molecule has 0 saturated carbocycles. The van der Waals surface area contributed by atoms with Crippen LogP contribution >= 0.6 is 0 Å². The SMILES string of the molecule is CCCCCCCCCN(C)CCC#N. The summed E-state index contributed by atoms with van der Waals surface area (Å²) in [4.78, 5) is 2.26. The van der Waals surface area contributed by atoms with Crippen LogP contribution in [0.2, 0.25) is 0 Å². The van der Waals surface area contributed by atoms with Gasteiger partial charge in [0.15, 0.2) is 0 Å². The van der Waals surface area contributed by atoms with Crippen molar-refractivity contribution in [2.75, 3.05) is 20.1 Å². The van der Waals surface area contributed by atoms with Crippen LogP contribution in [0.25, 0.3) is 0 Å². The monoisotopic (exact) mass is 210 g/mol. The van der Waals surface area contributed by atoms with Crippen molar-refractivity contribution in [2.24, 2.45) is 0 Å². The molecule has 0 aromatic rings. The maximum atomic E-state index is 8.43. The van der Waals surface area contributed by atoms with Crippen LogP contribution < -0.4 is 0 Å². The highest BCUT2D eigenvalue weighted by molar-refractivity contribution is 4.70. The van der Waals surface area contributed by atoms with Gasteiger partial charge in [-0.05, 0) is 20.0 Å². The van der Waals surface area contributed by atoms with Gasteiger partial charge >= 0.3 is 0 Å². The number of hydrogen-bond acceptors (Lipinski definition) is 2. The Kier molecular flexibility index (Phi) is 11.1. The lowest BCUT2D eigenvalue weighted by Gasteiger charge is -2.14. The Balaban J connectivity index is 3.06. The van der Waals surface area contributed by atoms with Gasteiger partial charge in [-0.1, -0.05) is 45.4 Å². The van der Waals surface area contributed by atoms with Gasteiger partial charge in [-0.15, -0.1) is 0 Å². The van der Waals surface area contributed by atoms with Gasteiger partial charge in [0, 0.05) is 13.0 Å². The Morgan fingerprint density at radius 2 is 1.53 bits per heavy atom. The molecule has 0 radical (unpaired) electrons. The summed E-state index contributed by atoms with van der Waals surface area (Å²) in [5.41, 5.74) is 0. The van der Waals surface area contributed by atoms with Gasteiger partial charge in [0.25, 0.3) is 0 Å². The molecule has 0 aromatic heterocycles. The second kappa shape index (κ2) is 11.5. The van der Waals surface area contributed by atoms with E-state index in [9.17, 15) is 0 Å². The molecule has 0 aliphatic carbocycles. The lowest BCUT2D eigenvalue weighted by molar-refractivity contribution is 0.331. The molecule has 2 heteroatoms. The molecule has 2 nitrogen and oxygen atoms in total. The van der Waals surface area contributed by atoms with Crippen molar-refractivity contribution < 1.29 is 0 Å². The van der Waals surface area contributed by atoms with Crippen LogP contribution in [0.4, 0.5) is 0 Å². The molecule has 15 heavy (non-hydrogen) atoms. The van der Waals surface area contributed by atoms with E-state index in [1.54, 1.807) is 0 Å². The standard InChI is InChI=1S/C13H26N2/c1-3-4-5-6-7-8-9-12-15(2)13-10-11-14/h3-10,12-13H2,1-2H3. The normalized spacial score (nSPS) is 10.5. The molecule has 0 aliphatic rings. The van der Waals surface area contributed by atoms with E-state index < -0.39 is 0 Å². The Morgan fingerprint density at radius 3 is 2.13 bits per heavy atom. The van der Waals surface area contributed by atoms with Crippen molar-refractivity contribution in [2.45, 2.75) is 58.3 Å². The molecule has 88 valence electrons. The van der Waals surface area contributed by atoms with E-state index >= 15 is 0 Å². The fourth-order valence-corrected chi connectivity index (χ4v) is 1.69. The highest BCUT2D eigenvalue weighted by Crippen LogP contribution is 2.07. The molecule has 0 bridgehead atoms. The molecular weight excluding hydrogens is 184 g/mol. The predicted octanol–water partition coefficient (Wildman–Crippen LogP) is 3.58. The summed E-state index contributed by atoms with van der Waals surface area (Å²) in [6, 6.07) is 2.18. The Bertz CT molecular complexity index is 160. The first-order valence-electron chi connectivity index (χ1n) is 6.36. The highest BCUT2D eigenvalue weighted by atomic mass is 15.1. The van der Waals surface area contributed by atoms with Crippen LogP contribution in [0, 0.1) is 11.3 Å². The van der Waals surface area contributed by atoms with Gasteiger partial charge in [-0.2, -0.15) is 5.26 Å². The molecule has 0 spiro atoms. The van der Waals surface area contributed by atoms with Crippen LogP contribution in [-0.2, 0) is 0 Å². The van der Waals surface area contributed by atoms with E-state index in [0.717, 1.165) is 13.1 Å². The zero-order valence-corrected chi connectivity index (χ0v) is 10.5. The summed E-state index contributed by atoms with van der Waals surface area (Å²) in [6.07, 6.45) is 10.2. The van der Waals surface area contributed by atoms with E-state index in [4.69, 9.17) is 5.26 Å². The number of nitriles is 1. The first-order chi connectivity index (χ1) is 7.31. The third-order valence-electron chi connectivity index (χ3n) is 2.75. The summed E-state index contributed by atoms with van der Waals surface area (Å²) >= 11 is 0. The second-order valence-corrected chi connectivity index (χ2v) is 4.33. The minimum atomic E-state index is 0.660. The second-order valence-electron chi connectivity index (χ2n) is 4.33. The average molecular weight is 210 g/mol. The van der Waals surface area contributed by atoms with E-state index in [0.29, 0.717) is 6.42 Å². The molecule has 0 fully saturated rings. The van der Waals surface area contributed by atoms with Crippen molar-refractivity contribution in [1.29, 1.82) is 5.26 Å². The number of unbranched alkanes of at least 4 members (excludes halogenated alkanes) is 6. The van der Waals surface area contributed by atoms with Gasteiger partial charge in [-0.25, -0.2) is 0 Å². The predicted molar refractivity (Wildman–Crippen MR) is 65.7 cm³/mol. The van der Waals surface area contributed by atoms with Gasteiger partial charge < -0.3 is 4.90 Å². The molecule has 0 N–H and O–H groups in total. The molecule has 0 aromatic carbocycles. The van der Waals surface area contributed by atoms with E-state index in [-0.39, 0.29) is 0 Å². The molecule has 0 saturated heterocycles. The summed E-state index contributed by atoms with van der Waals surface area (Å²) < 4.78 is 0. The molecule has 0 unspecified atom stereocenters. The zero-order chi connectivity index (χ0) is 11.4. The van der Waals surface area contributed by atoms with Crippen molar-refractivity contribution in [3.05, 3.63) is 0 Å². The van der Waals surface area contributed by atoms with Crippen molar-refractivity contribution in [1.82, 2.24) is 4.90 Å². The van der Waals surface area contributed by atoms with E-state index in [2.05, 4.69) is 24.9 Å². The highest BCUT2D eigenvalue weighted by Gasteiger charge is 1.97. The van der Waals surface area contributed by atoms with Gasteiger partial charge in [0.1, 0.15) is 0 Å². The molecule has 0 heterocycles. The third kappa shape index (κ3) is 11.4. The minimum Gasteiger partial charge on any atom is -0.305 e. The first-order valence-corrected chi connectivity index (χ1v) is 6.36. The third-order valence-corrected chi connectivity index (χ3v) is 2.75. The topological polar surface area (TPSA) is 27.0 Å². The first kappa shape index (κ1) is 14.5. The maximum absolute atomic E-state index is 8.43. The lowest BCUT2D eigenvalue weighted by Crippen LogP contribution is -2.20. The molecule has 0 rings (SSSR count). The maximum Gasteiger partial charge on any atom is 0.0635 e. The van der Waals surface area contributed by atoms with Crippen molar-refractivity contribution in [3.63, 3.8) is 0 Å². The summed E-state index contributed by atoms with van der Waals surface area (Å²) in [5, 5.41) is 8.43. The Hall–Kier alpha value is -0.550. The molecular formula is C13H26N2. The van der Waals surface area contributed by atoms with Crippen molar-refractivity contribution >= 4 is 0 Å². The minimum absolute atomic E-state index is 0.660. The van der Waals surface area contributed by atoms with Gasteiger partial charge in [0.2, 0.25) is 0 Å². The van der Waals surface area contributed by atoms with Crippen LogP contribution in [0.5, 0.6) is 0 Å². The Labute approximate surface area is 95.3 Å². The average Bonchev–Trinajstić information content (AvgIpc) is 2.25. The zero-order valence-electron chi connectivity index (χ0n) is 10.5. The fourth-order valence-electron chi connectivity index (χ4n) is 1.69. The van der Waals surface area contributed by atoms with Crippen LogP contribution in [0.1, 0.15) is 58.3 Å². The Morgan fingerprint density at radius 1 is 0.933 bits per heavy atom. The number of nitrogens with zero attached hydrogens (tertiary/aromatic N) is 2. The summed E-state index contributed by atoms with van der Waals surface area (Å²) in [5.74, 6) is 0. The number of hydrogen-bond donors (Lipinski definition) is 0. The van der Waals surface area contributed by atoms with Crippen LogP contribution in [0.3, 0.4) is 0 Å². The van der Waals surface area contributed by atoms with Crippen LogP contribution in [-0.4, -0.2) is 25.0 Å². The van der Waals surface area contributed by atoms with Gasteiger partial charge in [0.05, 0.1) is 6.07 Å². The van der Waals surface area contributed by atoms with E-state index in [1.165, 1.54) is 44.9 Å². The lowest BCUT2D eigenvalue weighted by atomic mass is 10.1. The van der Waals surface area contributed by atoms with Crippen LogP contribution in [0.15, 0.2) is 0 Å². The number of rotatable bonds is 10. The molecule has 0 aliphatic heterocycles. The smallest absolute Gasteiger partial charge is 0.0635 e. The molecule has 0 atom stereocenters. The van der Waals surface area contributed by atoms with Crippen molar-refractivity contribution in [3.8, 4) is 6.07 Å². The van der Waals surface area contributed by atoms with Gasteiger partial charge in [-0.3, -0.25) is 0 Å². The van der Waals surface area contributed by atoms with E-state index in [1.807, 2.05) is 0 Å². The quantitative estimate of drug-likeness (QED) is 0.515.